The number of fused-ring (bicyclic) bond motifs is 1. The van der Waals surface area contributed by atoms with Crippen LogP contribution in [0.25, 0.3) is 5.65 Å². The van der Waals surface area contributed by atoms with Crippen molar-refractivity contribution < 1.29 is 4.74 Å². The van der Waals surface area contributed by atoms with E-state index in [-0.39, 0.29) is 0 Å². The Bertz CT molecular complexity index is 787. The van der Waals surface area contributed by atoms with E-state index in [2.05, 4.69) is 10.2 Å². The summed E-state index contributed by atoms with van der Waals surface area (Å²) in [4.78, 5) is 0. The maximum atomic E-state index is 6.02. The minimum atomic E-state index is 0.357. The smallest absolute Gasteiger partial charge is 0.184 e. The average Bonchev–Trinajstić information content (AvgIpc) is 2.86. The van der Waals surface area contributed by atoms with Crippen molar-refractivity contribution in [3.8, 4) is 5.75 Å². The number of nitrogen functional groups attached to an aromatic ring is 1. The third-order valence-corrected chi connectivity index (χ3v) is 3.66. The van der Waals surface area contributed by atoms with Crippen molar-refractivity contribution in [2.24, 2.45) is 0 Å². The predicted octanol–water partition coefficient (Wildman–Crippen LogP) is 2.82. The Morgan fingerprint density at radius 3 is 2.48 bits per heavy atom. The van der Waals surface area contributed by atoms with Gasteiger partial charge in [0.1, 0.15) is 12.4 Å². The van der Waals surface area contributed by atoms with Gasteiger partial charge in [0.15, 0.2) is 11.5 Å². The zero-order valence-electron chi connectivity index (χ0n) is 12.4. The molecule has 2 aromatic heterocycles. The molecule has 3 aromatic rings. The molecule has 0 atom stereocenters. The summed E-state index contributed by atoms with van der Waals surface area (Å²) in [6.07, 6.45) is 1.92. The normalized spacial score (nSPS) is 11.0. The third-order valence-electron chi connectivity index (χ3n) is 3.66. The summed E-state index contributed by atoms with van der Waals surface area (Å²) < 4.78 is 7.80. The molecule has 0 fully saturated rings. The molecule has 0 saturated carbocycles. The van der Waals surface area contributed by atoms with E-state index in [0.717, 1.165) is 28.3 Å². The number of nitrogens with two attached hydrogens (primary N) is 1. The summed E-state index contributed by atoms with van der Waals surface area (Å²) in [6, 6.07) is 8.04. The Kier molecular flexibility index (Phi) is 3.25. The zero-order chi connectivity index (χ0) is 15.0. The van der Waals surface area contributed by atoms with Gasteiger partial charge < -0.3 is 10.5 Å². The van der Waals surface area contributed by atoms with E-state index in [1.165, 1.54) is 0 Å². The molecular weight excluding hydrogens is 264 g/mol. The van der Waals surface area contributed by atoms with Gasteiger partial charge in [0.05, 0.1) is 5.69 Å². The van der Waals surface area contributed by atoms with Crippen LogP contribution in [0.5, 0.6) is 5.75 Å². The first-order valence-electron chi connectivity index (χ1n) is 6.85. The highest BCUT2D eigenvalue weighted by Gasteiger charge is 2.11. The molecule has 5 nitrogen and oxygen atoms in total. The van der Waals surface area contributed by atoms with E-state index in [1.54, 1.807) is 0 Å². The van der Waals surface area contributed by atoms with Crippen LogP contribution in [0.4, 0.5) is 5.69 Å². The molecule has 0 radical (unpaired) electrons. The molecule has 0 aliphatic rings. The van der Waals surface area contributed by atoms with Crippen LogP contribution in [0.1, 0.15) is 22.5 Å². The quantitative estimate of drug-likeness (QED) is 0.802. The Labute approximate surface area is 123 Å². The lowest BCUT2D eigenvalue weighted by atomic mass is 10.1. The van der Waals surface area contributed by atoms with E-state index in [4.69, 9.17) is 10.5 Å². The largest absolute Gasteiger partial charge is 0.485 e. The van der Waals surface area contributed by atoms with Crippen LogP contribution >= 0.6 is 0 Å². The average molecular weight is 282 g/mol. The van der Waals surface area contributed by atoms with Gasteiger partial charge >= 0.3 is 0 Å². The van der Waals surface area contributed by atoms with Crippen molar-refractivity contribution in [1.29, 1.82) is 0 Å². The van der Waals surface area contributed by atoms with Gasteiger partial charge in [-0.15, -0.1) is 10.2 Å². The molecule has 108 valence electrons. The van der Waals surface area contributed by atoms with Crippen LogP contribution in [0.15, 0.2) is 30.5 Å². The summed E-state index contributed by atoms with van der Waals surface area (Å²) in [5.41, 5.74) is 10.6. The number of aryl methyl sites for hydroxylation is 3. The molecule has 0 amide bonds. The number of hydrogen-bond donors (Lipinski definition) is 1. The summed E-state index contributed by atoms with van der Waals surface area (Å²) in [5.74, 6) is 1.63. The second-order valence-electron chi connectivity index (χ2n) is 5.23. The molecule has 0 unspecified atom stereocenters. The monoisotopic (exact) mass is 282 g/mol. The van der Waals surface area contributed by atoms with Gasteiger partial charge in [-0.3, -0.25) is 4.40 Å². The highest BCUT2D eigenvalue weighted by Crippen LogP contribution is 2.24. The molecule has 0 aliphatic carbocycles. The number of nitrogens with zero attached hydrogens (tertiary/aromatic N) is 3. The summed E-state index contributed by atoms with van der Waals surface area (Å²) in [7, 11) is 0. The third kappa shape index (κ3) is 2.31. The minimum Gasteiger partial charge on any atom is -0.485 e. The molecule has 1 aromatic carbocycles. The van der Waals surface area contributed by atoms with Gasteiger partial charge in [0.2, 0.25) is 0 Å². The van der Waals surface area contributed by atoms with Crippen LogP contribution in [-0.2, 0) is 6.61 Å². The summed E-state index contributed by atoms with van der Waals surface area (Å²) >= 11 is 0. The Hall–Kier alpha value is -2.56. The molecule has 0 saturated heterocycles. The lowest BCUT2D eigenvalue weighted by Gasteiger charge is -2.11. The van der Waals surface area contributed by atoms with Gasteiger partial charge in [-0.05, 0) is 43.5 Å². The summed E-state index contributed by atoms with van der Waals surface area (Å²) in [6.45, 7) is 6.38. The molecule has 21 heavy (non-hydrogen) atoms. The number of hydrogen-bond acceptors (Lipinski definition) is 4. The van der Waals surface area contributed by atoms with Crippen molar-refractivity contribution in [2.75, 3.05) is 5.73 Å². The molecule has 3 rings (SSSR count). The molecule has 2 heterocycles. The van der Waals surface area contributed by atoms with Gasteiger partial charge in [-0.25, -0.2) is 0 Å². The lowest BCUT2D eigenvalue weighted by molar-refractivity contribution is 0.290. The standard InChI is InChI=1S/C16H18N4O/c1-10-7-8-20-13(18-19-16(20)14(10)17)9-21-15-11(2)5-4-6-12(15)3/h4-8H,9,17H2,1-3H3. The lowest BCUT2D eigenvalue weighted by Crippen LogP contribution is -2.04. The van der Waals surface area contributed by atoms with E-state index < -0.39 is 0 Å². The minimum absolute atomic E-state index is 0.357. The topological polar surface area (TPSA) is 65.4 Å². The predicted molar refractivity (Wildman–Crippen MR) is 82.4 cm³/mol. The van der Waals surface area contributed by atoms with Crippen LogP contribution < -0.4 is 10.5 Å². The van der Waals surface area contributed by atoms with Gasteiger partial charge in [0, 0.05) is 6.20 Å². The van der Waals surface area contributed by atoms with E-state index in [1.807, 2.05) is 55.6 Å². The van der Waals surface area contributed by atoms with E-state index in [0.29, 0.717) is 17.9 Å². The van der Waals surface area contributed by atoms with Crippen molar-refractivity contribution in [2.45, 2.75) is 27.4 Å². The first-order valence-corrected chi connectivity index (χ1v) is 6.85. The molecular formula is C16H18N4O. The van der Waals surface area contributed by atoms with Gasteiger partial charge in [-0.1, -0.05) is 18.2 Å². The highest BCUT2D eigenvalue weighted by atomic mass is 16.5. The first-order chi connectivity index (χ1) is 10.1. The molecule has 0 spiro atoms. The highest BCUT2D eigenvalue weighted by molar-refractivity contribution is 5.68. The fraction of sp³-hybridized carbons (Fsp3) is 0.250. The molecule has 2 N–H and O–H groups in total. The second kappa shape index (κ2) is 5.09. The maximum absolute atomic E-state index is 6.02. The van der Waals surface area contributed by atoms with Crippen LogP contribution in [-0.4, -0.2) is 14.6 Å². The van der Waals surface area contributed by atoms with Crippen LogP contribution in [0.2, 0.25) is 0 Å². The number of pyridine rings is 1. The zero-order valence-corrected chi connectivity index (χ0v) is 12.4. The molecule has 0 aliphatic heterocycles. The van der Waals surface area contributed by atoms with Crippen LogP contribution in [0, 0.1) is 20.8 Å². The van der Waals surface area contributed by atoms with Crippen molar-refractivity contribution in [1.82, 2.24) is 14.6 Å². The fourth-order valence-corrected chi connectivity index (χ4v) is 2.38. The van der Waals surface area contributed by atoms with Gasteiger partial charge in [-0.2, -0.15) is 0 Å². The SMILES string of the molecule is Cc1cccc(C)c1OCc1nnc2c(N)c(C)ccn12. The number of rotatable bonds is 3. The Morgan fingerprint density at radius 2 is 1.76 bits per heavy atom. The van der Waals surface area contributed by atoms with Crippen LogP contribution in [0.3, 0.4) is 0 Å². The van der Waals surface area contributed by atoms with Crippen molar-refractivity contribution >= 4 is 11.3 Å². The number of benzene rings is 1. The first kappa shape index (κ1) is 13.4. The Balaban J connectivity index is 1.91. The fourth-order valence-electron chi connectivity index (χ4n) is 2.38. The number of ether oxygens (including phenoxy) is 1. The molecule has 5 heteroatoms. The van der Waals surface area contributed by atoms with E-state index >= 15 is 0 Å². The maximum Gasteiger partial charge on any atom is 0.184 e. The summed E-state index contributed by atoms with van der Waals surface area (Å²) in [5, 5.41) is 8.32. The number of anilines is 1. The van der Waals surface area contributed by atoms with Crippen molar-refractivity contribution in [3.63, 3.8) is 0 Å². The molecule has 0 bridgehead atoms. The number of para-hydroxylation sites is 1. The second-order valence-corrected chi connectivity index (χ2v) is 5.23. The van der Waals surface area contributed by atoms with Crippen molar-refractivity contribution in [3.05, 3.63) is 53.0 Å². The Morgan fingerprint density at radius 1 is 1.05 bits per heavy atom. The van der Waals surface area contributed by atoms with Gasteiger partial charge in [0.25, 0.3) is 0 Å². The van der Waals surface area contributed by atoms with E-state index in [9.17, 15) is 0 Å². The number of aromatic nitrogens is 3.